The molecule has 0 atom stereocenters. The van der Waals surface area contributed by atoms with Crippen molar-refractivity contribution in [1.82, 2.24) is 10.4 Å². The molecular weight excluding hydrogens is 410 g/mol. The number of nitriles is 1. The minimum Gasteiger partial charge on any atom is -0.497 e. The van der Waals surface area contributed by atoms with E-state index in [0.717, 1.165) is 5.06 Å². The van der Waals surface area contributed by atoms with Crippen LogP contribution in [0.4, 0.5) is 0 Å². The Morgan fingerprint density at radius 2 is 1.97 bits per heavy atom. The molecular formula is C21H22ClN3O5. The lowest BCUT2D eigenvalue weighted by Crippen LogP contribution is -2.34. The fraction of sp³-hybridized carbons (Fsp3) is 0.286. The second-order valence-corrected chi connectivity index (χ2v) is 6.49. The van der Waals surface area contributed by atoms with Crippen LogP contribution in [-0.2, 0) is 16.2 Å². The summed E-state index contributed by atoms with van der Waals surface area (Å²) in [5.41, 5.74) is 1.31. The van der Waals surface area contributed by atoms with Crippen LogP contribution in [0.2, 0.25) is 5.02 Å². The third-order valence-electron chi connectivity index (χ3n) is 4.14. The number of nitrogens with one attached hydrogen (secondary N) is 1. The van der Waals surface area contributed by atoms with Gasteiger partial charge in [-0.25, -0.2) is 5.06 Å². The lowest BCUT2D eigenvalue weighted by atomic mass is 10.1. The number of hydrogen-bond acceptors (Lipinski definition) is 6. The average molecular weight is 432 g/mol. The SMILES string of the molecule is CCN(OC)C(=O)COc1cc(C#N)ccc1CNC(=O)c1cc(Cl)cc(OC)c1. The van der Waals surface area contributed by atoms with Crippen molar-refractivity contribution in [1.29, 1.82) is 5.26 Å². The summed E-state index contributed by atoms with van der Waals surface area (Å²) in [6.07, 6.45) is 0. The first-order valence-electron chi connectivity index (χ1n) is 9.04. The van der Waals surface area contributed by atoms with Gasteiger partial charge in [-0.1, -0.05) is 17.7 Å². The maximum atomic E-state index is 12.5. The third-order valence-corrected chi connectivity index (χ3v) is 4.36. The number of carbonyl (C=O) groups excluding carboxylic acids is 2. The number of hydrogen-bond donors (Lipinski definition) is 1. The molecule has 0 aliphatic heterocycles. The molecule has 30 heavy (non-hydrogen) atoms. The second-order valence-electron chi connectivity index (χ2n) is 6.06. The maximum Gasteiger partial charge on any atom is 0.283 e. The van der Waals surface area contributed by atoms with Gasteiger partial charge in [-0.05, 0) is 37.3 Å². The van der Waals surface area contributed by atoms with Crippen LogP contribution in [0.5, 0.6) is 11.5 Å². The Balaban J connectivity index is 2.13. The van der Waals surface area contributed by atoms with Crippen LogP contribution in [0.15, 0.2) is 36.4 Å². The number of nitrogens with zero attached hydrogens (tertiary/aromatic N) is 2. The molecule has 0 saturated carbocycles. The standard InChI is InChI=1S/C21H22ClN3O5/c1-4-25(29-3)20(26)13-30-19-7-14(11-23)5-6-15(19)12-24-21(27)16-8-17(22)10-18(9-16)28-2/h5-10H,4,12-13H2,1-3H3,(H,24,27). The molecule has 0 unspecified atom stereocenters. The van der Waals surface area contributed by atoms with E-state index < -0.39 is 0 Å². The van der Waals surface area contributed by atoms with Crippen LogP contribution in [0, 0.1) is 11.3 Å². The summed E-state index contributed by atoms with van der Waals surface area (Å²) in [6.45, 7) is 1.97. The number of methoxy groups -OCH3 is 1. The first-order chi connectivity index (χ1) is 14.4. The molecule has 0 heterocycles. The van der Waals surface area contributed by atoms with Crippen LogP contribution in [-0.4, -0.2) is 44.2 Å². The Hall–Kier alpha value is -3.28. The van der Waals surface area contributed by atoms with Crippen molar-refractivity contribution in [2.45, 2.75) is 13.5 Å². The van der Waals surface area contributed by atoms with Crippen LogP contribution in [0.3, 0.4) is 0 Å². The topological polar surface area (TPSA) is 101 Å². The third kappa shape index (κ3) is 6.11. The number of ether oxygens (including phenoxy) is 2. The zero-order valence-electron chi connectivity index (χ0n) is 16.9. The zero-order chi connectivity index (χ0) is 22.1. The average Bonchev–Trinajstić information content (AvgIpc) is 2.76. The summed E-state index contributed by atoms with van der Waals surface area (Å²) in [7, 11) is 2.88. The smallest absolute Gasteiger partial charge is 0.283 e. The molecule has 2 aromatic rings. The molecule has 0 saturated heterocycles. The molecule has 8 nitrogen and oxygen atoms in total. The van der Waals surface area contributed by atoms with E-state index in [1.807, 2.05) is 6.07 Å². The number of amides is 2. The number of rotatable bonds is 9. The number of benzene rings is 2. The Bertz CT molecular complexity index is 954. The Morgan fingerprint density at radius 3 is 2.60 bits per heavy atom. The molecule has 2 aromatic carbocycles. The van der Waals surface area contributed by atoms with Crippen molar-refractivity contribution in [2.24, 2.45) is 0 Å². The van der Waals surface area contributed by atoms with E-state index in [1.54, 1.807) is 31.2 Å². The Morgan fingerprint density at radius 1 is 1.20 bits per heavy atom. The van der Waals surface area contributed by atoms with Crippen molar-refractivity contribution in [3.05, 3.63) is 58.1 Å². The van der Waals surface area contributed by atoms with E-state index in [0.29, 0.717) is 39.8 Å². The van der Waals surface area contributed by atoms with Crippen LogP contribution >= 0.6 is 11.6 Å². The highest BCUT2D eigenvalue weighted by Gasteiger charge is 2.15. The molecule has 1 N–H and O–H groups in total. The molecule has 9 heteroatoms. The predicted octanol–water partition coefficient (Wildman–Crippen LogP) is 2.94. The van der Waals surface area contributed by atoms with E-state index >= 15 is 0 Å². The van der Waals surface area contributed by atoms with E-state index in [2.05, 4.69) is 5.32 Å². The second kappa shape index (κ2) is 11.0. The van der Waals surface area contributed by atoms with Crippen molar-refractivity contribution >= 4 is 23.4 Å². The van der Waals surface area contributed by atoms with Gasteiger partial charge in [0.2, 0.25) is 0 Å². The summed E-state index contributed by atoms with van der Waals surface area (Å²) < 4.78 is 10.7. The van der Waals surface area contributed by atoms with Gasteiger partial charge in [0.15, 0.2) is 6.61 Å². The first kappa shape index (κ1) is 23.0. The van der Waals surface area contributed by atoms with Crippen molar-refractivity contribution in [3.63, 3.8) is 0 Å². The number of halogens is 1. The number of carbonyl (C=O) groups is 2. The van der Waals surface area contributed by atoms with Gasteiger partial charge < -0.3 is 14.8 Å². The number of hydroxylamine groups is 2. The van der Waals surface area contributed by atoms with Crippen LogP contribution in [0.25, 0.3) is 0 Å². The lowest BCUT2D eigenvalue weighted by Gasteiger charge is -2.18. The maximum absolute atomic E-state index is 12.5. The van der Waals surface area contributed by atoms with Gasteiger partial charge in [0.25, 0.3) is 11.8 Å². The van der Waals surface area contributed by atoms with Gasteiger partial charge in [0, 0.05) is 29.2 Å². The van der Waals surface area contributed by atoms with Gasteiger partial charge in [-0.2, -0.15) is 5.26 Å². The zero-order valence-corrected chi connectivity index (χ0v) is 17.7. The van der Waals surface area contributed by atoms with E-state index in [-0.39, 0.29) is 25.0 Å². The largest absolute Gasteiger partial charge is 0.497 e. The monoisotopic (exact) mass is 431 g/mol. The van der Waals surface area contributed by atoms with Crippen molar-refractivity contribution in [2.75, 3.05) is 27.4 Å². The van der Waals surface area contributed by atoms with Crippen molar-refractivity contribution < 1.29 is 23.9 Å². The fourth-order valence-corrected chi connectivity index (χ4v) is 2.84. The molecule has 0 aliphatic rings. The normalized spacial score (nSPS) is 10.1. The lowest BCUT2D eigenvalue weighted by molar-refractivity contribution is -0.176. The highest BCUT2D eigenvalue weighted by Crippen LogP contribution is 2.23. The highest BCUT2D eigenvalue weighted by molar-refractivity contribution is 6.31. The summed E-state index contributed by atoms with van der Waals surface area (Å²) in [5, 5.41) is 13.4. The summed E-state index contributed by atoms with van der Waals surface area (Å²) >= 11 is 6.01. The van der Waals surface area contributed by atoms with Gasteiger partial charge in [0.1, 0.15) is 11.5 Å². The molecule has 0 aliphatic carbocycles. The minimum absolute atomic E-state index is 0.116. The number of likely N-dealkylation sites (N-methyl/N-ethyl adjacent to an activating group) is 1. The molecule has 2 amide bonds. The first-order valence-corrected chi connectivity index (χ1v) is 9.42. The summed E-state index contributed by atoms with van der Waals surface area (Å²) in [5.74, 6) is 0.0489. The van der Waals surface area contributed by atoms with Gasteiger partial charge in [-0.15, -0.1) is 0 Å². The molecule has 0 aromatic heterocycles. The van der Waals surface area contributed by atoms with Crippen LogP contribution in [0.1, 0.15) is 28.4 Å². The fourth-order valence-electron chi connectivity index (χ4n) is 2.61. The van der Waals surface area contributed by atoms with Gasteiger partial charge in [-0.3, -0.25) is 14.4 Å². The molecule has 158 valence electrons. The molecule has 0 bridgehead atoms. The van der Waals surface area contributed by atoms with E-state index in [9.17, 15) is 9.59 Å². The van der Waals surface area contributed by atoms with E-state index in [4.69, 9.17) is 31.2 Å². The summed E-state index contributed by atoms with van der Waals surface area (Å²) in [4.78, 5) is 29.6. The Labute approximate surface area is 179 Å². The predicted molar refractivity (Wildman–Crippen MR) is 110 cm³/mol. The molecule has 0 fully saturated rings. The van der Waals surface area contributed by atoms with Gasteiger partial charge >= 0.3 is 0 Å². The van der Waals surface area contributed by atoms with E-state index in [1.165, 1.54) is 26.4 Å². The van der Waals surface area contributed by atoms with Crippen molar-refractivity contribution in [3.8, 4) is 17.6 Å². The molecule has 2 rings (SSSR count). The molecule has 0 radical (unpaired) electrons. The minimum atomic E-state index is -0.372. The Kier molecular flexibility index (Phi) is 8.47. The quantitative estimate of drug-likeness (QED) is 0.612. The van der Waals surface area contributed by atoms with Crippen LogP contribution < -0.4 is 14.8 Å². The summed E-state index contributed by atoms with van der Waals surface area (Å²) in [6, 6.07) is 11.5. The van der Waals surface area contributed by atoms with Gasteiger partial charge in [0.05, 0.1) is 25.9 Å². The molecule has 0 spiro atoms. The highest BCUT2D eigenvalue weighted by atomic mass is 35.5.